The molecular weight excluding hydrogens is 380 g/mol. The minimum absolute atomic E-state index is 0.00338. The first-order chi connectivity index (χ1) is 13.0. The predicted molar refractivity (Wildman–Crippen MR) is 93.8 cm³/mol. The fourth-order valence-corrected chi connectivity index (χ4v) is 2.50. The molecule has 152 valence electrons. The second-order valence-corrected chi connectivity index (χ2v) is 6.37. The maximum Gasteiger partial charge on any atom is 0.573 e. The third-order valence-corrected chi connectivity index (χ3v) is 3.92. The number of pyridine rings is 1. The fraction of sp³-hybridized carbons (Fsp3) is 0.368. The molecule has 0 spiro atoms. The van der Waals surface area contributed by atoms with Crippen molar-refractivity contribution >= 4 is 5.91 Å². The van der Waals surface area contributed by atoms with E-state index in [1.54, 1.807) is 12.1 Å². The second kappa shape index (κ2) is 8.45. The summed E-state index contributed by atoms with van der Waals surface area (Å²) < 4.78 is 60.2. The Morgan fingerprint density at radius 2 is 1.82 bits per heavy atom. The zero-order valence-corrected chi connectivity index (χ0v) is 15.7. The predicted octanol–water partition coefficient (Wildman–Crippen LogP) is 4.74. The quantitative estimate of drug-likeness (QED) is 0.712. The fourth-order valence-electron chi connectivity index (χ4n) is 2.50. The number of hydrogen-bond donors (Lipinski definition) is 1. The first kappa shape index (κ1) is 21.5. The molecule has 0 saturated carbocycles. The molecule has 9 heteroatoms. The number of nitrogens with one attached hydrogen (secondary N) is 1. The highest BCUT2D eigenvalue weighted by atomic mass is 19.4. The highest BCUT2D eigenvalue weighted by molar-refractivity contribution is 5.95. The van der Waals surface area contributed by atoms with Gasteiger partial charge in [-0.05, 0) is 43.2 Å². The van der Waals surface area contributed by atoms with Gasteiger partial charge in [0.25, 0.3) is 5.91 Å². The molecule has 1 atom stereocenters. The molecule has 1 N–H and O–H groups in total. The van der Waals surface area contributed by atoms with Crippen molar-refractivity contribution in [2.24, 2.45) is 0 Å². The molecule has 0 aliphatic heterocycles. The van der Waals surface area contributed by atoms with E-state index >= 15 is 0 Å². The first-order valence-electron chi connectivity index (χ1n) is 8.42. The van der Waals surface area contributed by atoms with Gasteiger partial charge in [-0.15, -0.1) is 13.2 Å². The van der Waals surface area contributed by atoms with Crippen LogP contribution in [0.25, 0.3) is 0 Å². The summed E-state index contributed by atoms with van der Waals surface area (Å²) in [5.74, 6) is -1.72. The Labute approximate surface area is 159 Å². The molecule has 0 radical (unpaired) electrons. The van der Waals surface area contributed by atoms with Gasteiger partial charge in [0.05, 0.1) is 13.2 Å². The standard InChI is InChI=1S/C19H20F4N2O3/c1-10(2)15-7-8-16(27-4)17(25-15)18(26)24-11(3)13-9-12(5-6-14(13)20)28-19(21,22)23/h5-11H,1-4H3,(H,24,26)/t11-/m1/s1. The molecule has 2 aromatic rings. The summed E-state index contributed by atoms with van der Waals surface area (Å²) in [7, 11) is 1.38. The summed E-state index contributed by atoms with van der Waals surface area (Å²) in [5.41, 5.74) is 0.503. The van der Waals surface area contributed by atoms with Crippen molar-refractivity contribution in [2.45, 2.75) is 39.1 Å². The number of benzene rings is 1. The minimum atomic E-state index is -4.91. The van der Waals surface area contributed by atoms with Crippen LogP contribution in [0.1, 0.15) is 54.5 Å². The van der Waals surface area contributed by atoms with E-state index in [9.17, 15) is 22.4 Å². The minimum Gasteiger partial charge on any atom is -0.494 e. The lowest BCUT2D eigenvalue weighted by Gasteiger charge is -2.18. The largest absolute Gasteiger partial charge is 0.573 e. The van der Waals surface area contributed by atoms with Crippen LogP contribution in [0, 0.1) is 5.82 Å². The third kappa shape index (κ3) is 5.34. The number of aromatic nitrogens is 1. The number of hydrogen-bond acceptors (Lipinski definition) is 4. The molecule has 1 aromatic heterocycles. The van der Waals surface area contributed by atoms with Gasteiger partial charge in [0, 0.05) is 11.3 Å². The summed E-state index contributed by atoms with van der Waals surface area (Å²) in [5, 5.41) is 2.53. The molecule has 0 unspecified atom stereocenters. The van der Waals surface area contributed by atoms with Crippen LogP contribution in [0.15, 0.2) is 30.3 Å². The van der Waals surface area contributed by atoms with Crippen molar-refractivity contribution in [3.05, 3.63) is 53.1 Å². The average Bonchev–Trinajstić information content (AvgIpc) is 2.61. The van der Waals surface area contributed by atoms with Crippen LogP contribution in [0.5, 0.6) is 11.5 Å². The topological polar surface area (TPSA) is 60.5 Å². The van der Waals surface area contributed by atoms with Crippen LogP contribution in [0.3, 0.4) is 0 Å². The number of carbonyl (C=O) groups is 1. The molecule has 5 nitrogen and oxygen atoms in total. The maximum absolute atomic E-state index is 14.1. The Kier molecular flexibility index (Phi) is 6.48. The Morgan fingerprint density at radius 1 is 1.14 bits per heavy atom. The van der Waals surface area contributed by atoms with Gasteiger partial charge in [-0.25, -0.2) is 9.37 Å². The summed E-state index contributed by atoms with van der Waals surface area (Å²) >= 11 is 0. The van der Waals surface area contributed by atoms with E-state index in [0.717, 1.165) is 18.2 Å². The van der Waals surface area contributed by atoms with Crippen LogP contribution in [-0.2, 0) is 0 Å². The van der Waals surface area contributed by atoms with Gasteiger partial charge in [0.2, 0.25) is 0 Å². The Morgan fingerprint density at radius 3 is 2.39 bits per heavy atom. The van der Waals surface area contributed by atoms with Crippen molar-refractivity contribution in [3.63, 3.8) is 0 Å². The molecule has 0 saturated heterocycles. The number of rotatable bonds is 6. The number of carbonyl (C=O) groups excluding carboxylic acids is 1. The highest BCUT2D eigenvalue weighted by Crippen LogP contribution is 2.28. The van der Waals surface area contributed by atoms with Crippen molar-refractivity contribution in [1.82, 2.24) is 10.3 Å². The molecule has 0 aliphatic carbocycles. The van der Waals surface area contributed by atoms with Crippen LogP contribution in [0.2, 0.25) is 0 Å². The van der Waals surface area contributed by atoms with E-state index in [4.69, 9.17) is 4.74 Å². The smallest absolute Gasteiger partial charge is 0.494 e. The van der Waals surface area contributed by atoms with E-state index in [2.05, 4.69) is 15.0 Å². The van der Waals surface area contributed by atoms with Gasteiger partial charge in [-0.1, -0.05) is 13.8 Å². The molecule has 1 aromatic carbocycles. The van der Waals surface area contributed by atoms with E-state index in [1.807, 2.05) is 13.8 Å². The van der Waals surface area contributed by atoms with Gasteiger partial charge in [0.15, 0.2) is 5.69 Å². The summed E-state index contributed by atoms with van der Waals surface area (Å²) in [6.45, 7) is 5.24. The normalized spacial score (nSPS) is 12.6. The molecule has 1 heterocycles. The molecule has 2 rings (SSSR count). The van der Waals surface area contributed by atoms with Gasteiger partial charge in [-0.3, -0.25) is 4.79 Å². The van der Waals surface area contributed by atoms with Crippen LogP contribution in [-0.4, -0.2) is 24.4 Å². The lowest BCUT2D eigenvalue weighted by molar-refractivity contribution is -0.274. The molecular formula is C19H20F4N2O3. The summed E-state index contributed by atoms with van der Waals surface area (Å²) in [4.78, 5) is 16.9. The van der Waals surface area contributed by atoms with E-state index in [1.165, 1.54) is 14.0 Å². The van der Waals surface area contributed by atoms with Gasteiger partial charge in [-0.2, -0.15) is 0 Å². The molecule has 0 aliphatic rings. The SMILES string of the molecule is COc1ccc(C(C)C)nc1C(=O)N[C@H](C)c1cc(OC(F)(F)F)ccc1F. The number of halogens is 4. The second-order valence-electron chi connectivity index (χ2n) is 6.37. The van der Waals surface area contributed by atoms with E-state index in [-0.39, 0.29) is 22.9 Å². The maximum atomic E-state index is 14.1. The Bertz CT molecular complexity index is 854. The number of alkyl halides is 3. The molecule has 0 bridgehead atoms. The zero-order valence-electron chi connectivity index (χ0n) is 15.7. The van der Waals surface area contributed by atoms with Crippen LogP contribution >= 0.6 is 0 Å². The number of methoxy groups -OCH3 is 1. The summed E-state index contributed by atoms with van der Waals surface area (Å²) in [6, 6.07) is 4.97. The number of nitrogens with zero attached hydrogens (tertiary/aromatic N) is 1. The monoisotopic (exact) mass is 400 g/mol. The number of amides is 1. The van der Waals surface area contributed by atoms with Crippen LogP contribution in [0.4, 0.5) is 17.6 Å². The summed E-state index contributed by atoms with van der Waals surface area (Å²) in [6.07, 6.45) is -4.91. The molecule has 28 heavy (non-hydrogen) atoms. The van der Waals surface area contributed by atoms with Gasteiger partial charge in [0.1, 0.15) is 17.3 Å². The van der Waals surface area contributed by atoms with Crippen molar-refractivity contribution in [1.29, 1.82) is 0 Å². The highest BCUT2D eigenvalue weighted by Gasteiger charge is 2.31. The third-order valence-electron chi connectivity index (χ3n) is 3.92. The molecule has 1 amide bonds. The first-order valence-corrected chi connectivity index (χ1v) is 8.42. The number of ether oxygens (including phenoxy) is 2. The van der Waals surface area contributed by atoms with Crippen molar-refractivity contribution in [2.75, 3.05) is 7.11 Å². The Hall–Kier alpha value is -2.84. The van der Waals surface area contributed by atoms with E-state index in [0.29, 0.717) is 5.69 Å². The van der Waals surface area contributed by atoms with Gasteiger partial charge < -0.3 is 14.8 Å². The lowest BCUT2D eigenvalue weighted by atomic mass is 10.1. The van der Waals surface area contributed by atoms with Crippen molar-refractivity contribution in [3.8, 4) is 11.5 Å². The van der Waals surface area contributed by atoms with Crippen molar-refractivity contribution < 1.29 is 31.8 Å². The lowest BCUT2D eigenvalue weighted by Crippen LogP contribution is -2.29. The van der Waals surface area contributed by atoms with E-state index < -0.39 is 29.9 Å². The van der Waals surface area contributed by atoms with Gasteiger partial charge >= 0.3 is 6.36 Å². The average molecular weight is 400 g/mol. The van der Waals surface area contributed by atoms with Crippen LogP contribution < -0.4 is 14.8 Å². The zero-order chi connectivity index (χ0) is 21.1. The molecule has 0 fully saturated rings. The Balaban J connectivity index is 2.27.